The smallest absolute Gasteiger partial charge is 0.261 e. The van der Waals surface area contributed by atoms with E-state index in [9.17, 15) is 26.0 Å². The van der Waals surface area contributed by atoms with E-state index in [-0.39, 0.29) is 22.1 Å². The first-order valence-electron chi connectivity index (χ1n) is 7.41. The van der Waals surface area contributed by atoms with Crippen LogP contribution in [-0.2, 0) is 10.0 Å². The van der Waals surface area contributed by atoms with Gasteiger partial charge in [-0.2, -0.15) is 0 Å². The molecule has 2 N–H and O–H groups in total. The number of sulfonamides is 1. The van der Waals surface area contributed by atoms with Gasteiger partial charge in [-0.05, 0) is 48.5 Å². The molecule has 0 saturated carbocycles. The number of hydrogen-bond acceptors (Lipinski definition) is 4. The number of nitrogens with one attached hydrogen (secondary N) is 2. The van der Waals surface area contributed by atoms with Crippen LogP contribution in [0.15, 0.2) is 59.6 Å². The van der Waals surface area contributed by atoms with E-state index in [4.69, 9.17) is 0 Å². The SMILES string of the molecule is O=S(=O)(Nc1ccc(Nc2ccc(F)c(F)c2F)nc1)c1ccc(F)cc1. The molecule has 5 nitrogen and oxygen atoms in total. The molecule has 0 spiro atoms. The fraction of sp³-hybridized carbons (Fsp3) is 0. The molecule has 0 aliphatic rings. The molecule has 0 fully saturated rings. The summed E-state index contributed by atoms with van der Waals surface area (Å²) in [4.78, 5) is 3.73. The van der Waals surface area contributed by atoms with Crippen molar-refractivity contribution in [2.24, 2.45) is 0 Å². The van der Waals surface area contributed by atoms with Gasteiger partial charge in [-0.3, -0.25) is 4.72 Å². The quantitative estimate of drug-likeness (QED) is 0.501. The first-order valence-corrected chi connectivity index (χ1v) is 8.89. The van der Waals surface area contributed by atoms with Gasteiger partial charge < -0.3 is 5.32 Å². The Labute approximate surface area is 151 Å². The molecule has 0 radical (unpaired) electrons. The minimum Gasteiger partial charge on any atom is -0.338 e. The topological polar surface area (TPSA) is 71.1 Å². The molecule has 10 heteroatoms. The molecule has 2 aromatic carbocycles. The van der Waals surface area contributed by atoms with Gasteiger partial charge in [-0.25, -0.2) is 31.0 Å². The highest BCUT2D eigenvalue weighted by Gasteiger charge is 2.16. The summed E-state index contributed by atoms with van der Waals surface area (Å²) >= 11 is 0. The minimum atomic E-state index is -3.95. The van der Waals surface area contributed by atoms with Crippen molar-refractivity contribution in [1.82, 2.24) is 4.98 Å². The van der Waals surface area contributed by atoms with Crippen LogP contribution >= 0.6 is 0 Å². The van der Waals surface area contributed by atoms with Crippen molar-refractivity contribution < 1.29 is 26.0 Å². The molecule has 3 rings (SSSR count). The third kappa shape index (κ3) is 4.17. The lowest BCUT2D eigenvalue weighted by molar-refractivity contribution is 0.449. The standard InChI is InChI=1S/C17H11F4N3O2S/c18-10-1-4-12(5-2-10)27(25,26)24-11-3-8-15(22-9-11)23-14-7-6-13(19)16(20)17(14)21/h1-9,24H,(H,22,23). The number of anilines is 3. The Morgan fingerprint density at radius 1 is 0.815 bits per heavy atom. The Bertz CT molecular complexity index is 1070. The van der Waals surface area contributed by atoms with E-state index >= 15 is 0 Å². The van der Waals surface area contributed by atoms with E-state index in [2.05, 4.69) is 15.0 Å². The van der Waals surface area contributed by atoms with Crippen molar-refractivity contribution in [1.29, 1.82) is 0 Å². The largest absolute Gasteiger partial charge is 0.338 e. The van der Waals surface area contributed by atoms with Crippen LogP contribution in [0.1, 0.15) is 0 Å². The summed E-state index contributed by atoms with van der Waals surface area (Å²) in [5.41, 5.74) is -0.239. The Balaban J connectivity index is 1.76. The molecule has 1 heterocycles. The zero-order valence-corrected chi connectivity index (χ0v) is 14.2. The number of aromatic nitrogens is 1. The van der Waals surface area contributed by atoms with Crippen LogP contribution in [-0.4, -0.2) is 13.4 Å². The summed E-state index contributed by atoms with van der Waals surface area (Å²) < 4.78 is 79.3. The summed E-state index contributed by atoms with van der Waals surface area (Å²) in [5.74, 6) is -4.85. The maximum absolute atomic E-state index is 13.6. The molecule has 0 atom stereocenters. The molecule has 140 valence electrons. The molecule has 0 saturated heterocycles. The fourth-order valence-electron chi connectivity index (χ4n) is 2.12. The molecule has 0 amide bonds. The van der Waals surface area contributed by atoms with Crippen LogP contribution in [0.2, 0.25) is 0 Å². The van der Waals surface area contributed by atoms with Gasteiger partial charge in [0.25, 0.3) is 10.0 Å². The summed E-state index contributed by atoms with van der Waals surface area (Å²) in [6.07, 6.45) is 1.14. The van der Waals surface area contributed by atoms with Gasteiger partial charge in [0.1, 0.15) is 11.6 Å². The maximum Gasteiger partial charge on any atom is 0.261 e. The lowest BCUT2D eigenvalue weighted by atomic mass is 10.2. The number of rotatable bonds is 5. The van der Waals surface area contributed by atoms with Gasteiger partial charge in [-0.15, -0.1) is 0 Å². The van der Waals surface area contributed by atoms with E-state index in [1.54, 1.807) is 0 Å². The summed E-state index contributed by atoms with van der Waals surface area (Å²) in [6.45, 7) is 0. The lowest BCUT2D eigenvalue weighted by Crippen LogP contribution is -2.13. The predicted octanol–water partition coefficient (Wildman–Crippen LogP) is 4.18. The number of hydrogen-bond donors (Lipinski definition) is 2. The summed E-state index contributed by atoms with van der Waals surface area (Å²) in [7, 11) is -3.95. The van der Waals surface area contributed by atoms with Crippen LogP contribution in [0.3, 0.4) is 0 Å². The van der Waals surface area contributed by atoms with Crippen LogP contribution in [0.25, 0.3) is 0 Å². The lowest BCUT2D eigenvalue weighted by Gasteiger charge is -2.10. The van der Waals surface area contributed by atoms with Crippen molar-refractivity contribution in [3.05, 3.63) is 78.0 Å². The first kappa shape index (κ1) is 18.6. The van der Waals surface area contributed by atoms with Gasteiger partial charge in [0.2, 0.25) is 0 Å². The van der Waals surface area contributed by atoms with E-state index in [1.165, 1.54) is 12.1 Å². The van der Waals surface area contributed by atoms with Crippen molar-refractivity contribution in [2.45, 2.75) is 4.90 Å². The Kier molecular flexibility index (Phi) is 5.00. The van der Waals surface area contributed by atoms with E-state index in [0.717, 1.165) is 42.6 Å². The second-order valence-electron chi connectivity index (χ2n) is 5.34. The van der Waals surface area contributed by atoms with Crippen LogP contribution in [0.4, 0.5) is 34.8 Å². The summed E-state index contributed by atoms with van der Waals surface area (Å²) in [5, 5.41) is 2.46. The third-order valence-electron chi connectivity index (χ3n) is 3.44. The van der Waals surface area contributed by atoms with E-state index < -0.39 is 33.3 Å². The van der Waals surface area contributed by atoms with E-state index in [1.807, 2.05) is 0 Å². The maximum atomic E-state index is 13.6. The first-order chi connectivity index (χ1) is 12.8. The number of benzene rings is 2. The Morgan fingerprint density at radius 3 is 2.15 bits per heavy atom. The average Bonchev–Trinajstić information content (AvgIpc) is 2.64. The zero-order chi connectivity index (χ0) is 19.6. The van der Waals surface area contributed by atoms with Gasteiger partial charge in [0.05, 0.1) is 22.5 Å². The molecule has 0 aliphatic heterocycles. The number of halogens is 4. The Hall–Kier alpha value is -3.14. The molecule has 1 aromatic heterocycles. The molecular formula is C17H11F4N3O2S. The van der Waals surface area contributed by atoms with Crippen molar-refractivity contribution in [3.8, 4) is 0 Å². The third-order valence-corrected chi connectivity index (χ3v) is 4.83. The van der Waals surface area contributed by atoms with Crippen molar-refractivity contribution >= 4 is 27.2 Å². The van der Waals surface area contributed by atoms with Gasteiger partial charge in [-0.1, -0.05) is 0 Å². The second kappa shape index (κ2) is 7.23. The molecule has 27 heavy (non-hydrogen) atoms. The van der Waals surface area contributed by atoms with Crippen LogP contribution in [0, 0.1) is 23.3 Å². The highest BCUT2D eigenvalue weighted by Crippen LogP contribution is 2.23. The predicted molar refractivity (Wildman–Crippen MR) is 91.0 cm³/mol. The minimum absolute atomic E-state index is 0.0737. The number of pyridine rings is 1. The van der Waals surface area contributed by atoms with Gasteiger partial charge in [0, 0.05) is 0 Å². The zero-order valence-electron chi connectivity index (χ0n) is 13.4. The normalized spacial score (nSPS) is 11.3. The van der Waals surface area contributed by atoms with Gasteiger partial charge >= 0.3 is 0 Å². The fourth-order valence-corrected chi connectivity index (χ4v) is 3.16. The monoisotopic (exact) mass is 397 g/mol. The van der Waals surface area contributed by atoms with Crippen molar-refractivity contribution in [2.75, 3.05) is 10.0 Å². The van der Waals surface area contributed by atoms with Crippen molar-refractivity contribution in [3.63, 3.8) is 0 Å². The van der Waals surface area contributed by atoms with Crippen LogP contribution < -0.4 is 10.0 Å². The molecule has 3 aromatic rings. The molecule has 0 bridgehead atoms. The highest BCUT2D eigenvalue weighted by molar-refractivity contribution is 7.92. The average molecular weight is 397 g/mol. The Morgan fingerprint density at radius 2 is 1.52 bits per heavy atom. The number of nitrogens with zero attached hydrogens (tertiary/aromatic N) is 1. The van der Waals surface area contributed by atoms with E-state index in [0.29, 0.717) is 0 Å². The van der Waals surface area contributed by atoms with Gasteiger partial charge in [0.15, 0.2) is 17.5 Å². The second-order valence-corrected chi connectivity index (χ2v) is 7.02. The van der Waals surface area contributed by atoms with Crippen LogP contribution in [0.5, 0.6) is 0 Å². The molecule has 0 unspecified atom stereocenters. The molecular weight excluding hydrogens is 386 g/mol. The molecule has 0 aliphatic carbocycles. The highest BCUT2D eigenvalue weighted by atomic mass is 32.2. The summed E-state index contributed by atoms with van der Waals surface area (Å²) in [6, 6.07) is 8.62.